The van der Waals surface area contributed by atoms with E-state index in [1.165, 1.54) is 0 Å². The molecular formula is C23H29F3N6O4. The first-order valence-corrected chi connectivity index (χ1v) is 11.2. The number of hydrogen-bond acceptors (Lipinski definition) is 5. The molecule has 1 saturated heterocycles. The van der Waals surface area contributed by atoms with Crippen LogP contribution in [-0.2, 0) is 23.8 Å². The van der Waals surface area contributed by atoms with Gasteiger partial charge in [0, 0.05) is 70.7 Å². The number of alkyl halides is 3. The minimum absolute atomic E-state index is 0.0358. The first-order valence-electron chi connectivity index (χ1n) is 11.2. The number of amides is 3. The number of rotatable bonds is 1. The predicted octanol–water partition coefficient (Wildman–Crippen LogP) is 2.43. The number of likely N-dealkylation sites (tertiary alicyclic amines) is 1. The van der Waals surface area contributed by atoms with Crippen molar-refractivity contribution in [3.63, 3.8) is 0 Å². The van der Waals surface area contributed by atoms with E-state index in [4.69, 9.17) is 15.0 Å². The van der Waals surface area contributed by atoms with Crippen LogP contribution in [0.25, 0.3) is 0 Å². The molecule has 0 saturated carbocycles. The van der Waals surface area contributed by atoms with Crippen molar-refractivity contribution in [1.29, 1.82) is 0 Å². The summed E-state index contributed by atoms with van der Waals surface area (Å²) in [7, 11) is 5.47. The molecule has 0 radical (unpaired) electrons. The Balaban J connectivity index is 0.000000454. The number of carbonyl (C=O) groups excluding carboxylic acids is 2. The van der Waals surface area contributed by atoms with Crippen molar-refractivity contribution in [3.05, 3.63) is 47.0 Å². The normalized spacial score (nSPS) is 16.6. The van der Waals surface area contributed by atoms with Gasteiger partial charge in [-0.05, 0) is 31.4 Å². The quantitative estimate of drug-likeness (QED) is 0.631. The number of fused-ring (bicyclic) bond motifs is 2. The van der Waals surface area contributed by atoms with Crippen LogP contribution in [0, 0.1) is 6.92 Å². The van der Waals surface area contributed by atoms with Crippen molar-refractivity contribution in [2.45, 2.75) is 37.9 Å². The molecule has 4 heterocycles. The fourth-order valence-electron chi connectivity index (χ4n) is 4.51. The van der Waals surface area contributed by atoms with Gasteiger partial charge >= 0.3 is 18.2 Å². The van der Waals surface area contributed by atoms with Crippen molar-refractivity contribution < 1.29 is 32.7 Å². The molecule has 2 aliphatic rings. The molecule has 196 valence electrons. The number of hydrogen-bond donors (Lipinski definition) is 1. The van der Waals surface area contributed by atoms with E-state index in [2.05, 4.69) is 4.98 Å². The summed E-state index contributed by atoms with van der Waals surface area (Å²) >= 11 is 0. The Morgan fingerprint density at radius 3 is 2.22 bits per heavy atom. The second-order valence-electron chi connectivity index (χ2n) is 9.31. The van der Waals surface area contributed by atoms with Gasteiger partial charge in [-0.15, -0.1) is 0 Å². The Labute approximate surface area is 206 Å². The highest BCUT2D eigenvalue weighted by Crippen LogP contribution is 2.41. The first kappa shape index (κ1) is 27.0. The number of carboxylic acids is 1. The fraction of sp³-hybridized carbons (Fsp3) is 0.522. The summed E-state index contributed by atoms with van der Waals surface area (Å²) < 4.78 is 33.6. The number of piperidine rings is 1. The van der Waals surface area contributed by atoms with E-state index in [1.807, 2.05) is 40.7 Å². The van der Waals surface area contributed by atoms with Crippen molar-refractivity contribution in [1.82, 2.24) is 29.5 Å². The zero-order valence-corrected chi connectivity index (χ0v) is 20.5. The van der Waals surface area contributed by atoms with Crippen LogP contribution in [0.4, 0.5) is 18.0 Å². The third kappa shape index (κ3) is 5.77. The van der Waals surface area contributed by atoms with Gasteiger partial charge in [0.2, 0.25) is 0 Å². The van der Waals surface area contributed by atoms with Gasteiger partial charge in [-0.3, -0.25) is 14.5 Å². The second kappa shape index (κ2) is 10.2. The summed E-state index contributed by atoms with van der Waals surface area (Å²) in [6.07, 6.45) is 0.244. The summed E-state index contributed by atoms with van der Waals surface area (Å²) in [4.78, 5) is 44.2. The molecule has 1 fully saturated rings. The maximum absolute atomic E-state index is 13.2. The summed E-state index contributed by atoms with van der Waals surface area (Å²) in [5, 5.41) is 11.9. The Bertz CT molecular complexity index is 1120. The standard InChI is InChI=1S/C21H28N6O2.C2HF3O2/c1-15-5-6-17(22-11-15)19(28)27-13-16-12-25(4)23-18(16)21(14-27)7-9-26(10-8-21)20(29)24(2)3;3-2(4,5)1(6)7/h5-6,11-12H,7-10,13-14H2,1-4H3;(H,6,7). The van der Waals surface area contributed by atoms with E-state index >= 15 is 0 Å². The van der Waals surface area contributed by atoms with Crippen molar-refractivity contribution in [2.24, 2.45) is 7.05 Å². The molecule has 2 aliphatic heterocycles. The number of halogens is 3. The smallest absolute Gasteiger partial charge is 0.475 e. The van der Waals surface area contributed by atoms with Crippen LogP contribution in [0.15, 0.2) is 24.5 Å². The number of aromatic nitrogens is 3. The Hall–Kier alpha value is -3.64. The van der Waals surface area contributed by atoms with Crippen LogP contribution in [0.1, 0.15) is 40.2 Å². The Kier molecular flexibility index (Phi) is 7.60. The second-order valence-corrected chi connectivity index (χ2v) is 9.31. The molecule has 0 aromatic carbocycles. The van der Waals surface area contributed by atoms with Crippen LogP contribution in [-0.4, -0.2) is 92.4 Å². The molecule has 1 N–H and O–H groups in total. The molecule has 4 rings (SSSR count). The molecule has 0 unspecified atom stereocenters. The lowest BCUT2D eigenvalue weighted by molar-refractivity contribution is -0.192. The van der Waals surface area contributed by atoms with Crippen molar-refractivity contribution >= 4 is 17.9 Å². The monoisotopic (exact) mass is 510 g/mol. The summed E-state index contributed by atoms with van der Waals surface area (Å²) in [6, 6.07) is 3.75. The van der Waals surface area contributed by atoms with Gasteiger partial charge in [0.1, 0.15) is 5.69 Å². The summed E-state index contributed by atoms with van der Waals surface area (Å²) in [5.41, 5.74) is 3.45. The highest BCUT2D eigenvalue weighted by molar-refractivity contribution is 5.92. The van der Waals surface area contributed by atoms with Crippen LogP contribution in [0.5, 0.6) is 0 Å². The zero-order valence-electron chi connectivity index (χ0n) is 20.5. The van der Waals surface area contributed by atoms with Gasteiger partial charge in [0.15, 0.2) is 0 Å². The van der Waals surface area contributed by atoms with Gasteiger partial charge < -0.3 is 19.8 Å². The van der Waals surface area contributed by atoms with Gasteiger partial charge in [-0.1, -0.05) is 6.07 Å². The number of aliphatic carboxylic acids is 1. The van der Waals surface area contributed by atoms with E-state index in [0.29, 0.717) is 31.9 Å². The Morgan fingerprint density at radius 1 is 1.11 bits per heavy atom. The molecule has 0 aliphatic carbocycles. The molecule has 2 aromatic heterocycles. The van der Waals surface area contributed by atoms with Gasteiger partial charge in [0.05, 0.1) is 5.69 Å². The third-order valence-corrected chi connectivity index (χ3v) is 6.30. The van der Waals surface area contributed by atoms with E-state index < -0.39 is 12.1 Å². The van der Waals surface area contributed by atoms with Crippen molar-refractivity contribution in [3.8, 4) is 0 Å². The highest BCUT2D eigenvalue weighted by Gasteiger charge is 2.46. The summed E-state index contributed by atoms with van der Waals surface area (Å²) in [5.74, 6) is -2.81. The minimum Gasteiger partial charge on any atom is -0.475 e. The molecule has 0 atom stereocenters. The van der Waals surface area contributed by atoms with Crippen LogP contribution < -0.4 is 0 Å². The number of carboxylic acid groups (broad SMARTS) is 1. The molecule has 0 bridgehead atoms. The fourth-order valence-corrected chi connectivity index (χ4v) is 4.51. The molecule has 3 amide bonds. The minimum atomic E-state index is -5.08. The largest absolute Gasteiger partial charge is 0.490 e. The lowest BCUT2D eigenvalue weighted by atomic mass is 9.72. The maximum atomic E-state index is 13.2. The van der Waals surface area contributed by atoms with E-state index in [9.17, 15) is 22.8 Å². The molecule has 10 nitrogen and oxygen atoms in total. The van der Waals surface area contributed by atoms with Gasteiger partial charge in [-0.2, -0.15) is 18.3 Å². The summed E-state index contributed by atoms with van der Waals surface area (Å²) in [6.45, 7) is 4.44. The molecule has 2 aromatic rings. The zero-order chi connectivity index (χ0) is 26.8. The average molecular weight is 511 g/mol. The predicted molar refractivity (Wildman–Crippen MR) is 122 cm³/mol. The molecular weight excluding hydrogens is 481 g/mol. The molecule has 1 spiro atoms. The number of aryl methyl sites for hydroxylation is 2. The number of nitrogens with zero attached hydrogens (tertiary/aromatic N) is 6. The lowest BCUT2D eigenvalue weighted by Gasteiger charge is -2.46. The van der Waals surface area contributed by atoms with Crippen LogP contribution >= 0.6 is 0 Å². The van der Waals surface area contributed by atoms with Crippen molar-refractivity contribution in [2.75, 3.05) is 33.7 Å². The number of carbonyl (C=O) groups is 3. The number of pyridine rings is 1. The first-order chi connectivity index (χ1) is 16.7. The van der Waals surface area contributed by atoms with Gasteiger partial charge in [0.25, 0.3) is 5.91 Å². The SMILES string of the molecule is Cc1ccc(C(=O)N2Cc3cn(C)nc3C3(CCN(C(=O)N(C)C)CC3)C2)nc1.O=C(O)C(F)(F)F. The van der Waals surface area contributed by atoms with E-state index in [0.717, 1.165) is 29.7 Å². The third-order valence-electron chi connectivity index (χ3n) is 6.30. The Morgan fingerprint density at radius 2 is 1.72 bits per heavy atom. The topological polar surface area (TPSA) is 112 Å². The number of urea groups is 1. The molecule has 13 heteroatoms. The van der Waals surface area contributed by atoms with Crippen LogP contribution in [0.2, 0.25) is 0 Å². The van der Waals surface area contributed by atoms with E-state index in [1.54, 1.807) is 31.3 Å². The van der Waals surface area contributed by atoms with Crippen LogP contribution in [0.3, 0.4) is 0 Å². The lowest BCUT2D eigenvalue weighted by Crippen LogP contribution is -2.55. The average Bonchev–Trinajstić information content (AvgIpc) is 3.20. The highest BCUT2D eigenvalue weighted by atomic mass is 19.4. The van der Waals surface area contributed by atoms with E-state index in [-0.39, 0.29) is 17.4 Å². The van der Waals surface area contributed by atoms with Gasteiger partial charge in [-0.25, -0.2) is 9.59 Å². The molecule has 36 heavy (non-hydrogen) atoms. The maximum Gasteiger partial charge on any atom is 0.490 e.